The summed E-state index contributed by atoms with van der Waals surface area (Å²) in [6.45, 7) is 8.59. The molecule has 0 saturated carbocycles. The maximum Gasteiger partial charge on any atom is 0.0813 e. The van der Waals surface area contributed by atoms with Gasteiger partial charge in [-0.1, -0.05) is 11.6 Å². The number of aliphatic hydroxyl groups is 1. The largest absolute Gasteiger partial charge is 0.390 e. The van der Waals surface area contributed by atoms with E-state index in [0.717, 1.165) is 12.8 Å². The normalized spacial score (nSPS) is 28.8. The molecule has 0 aromatic heterocycles. The van der Waals surface area contributed by atoms with Crippen molar-refractivity contribution in [2.24, 2.45) is 5.92 Å². The molecule has 1 rings (SSSR count). The second kappa shape index (κ2) is 4.45. The van der Waals surface area contributed by atoms with Crippen molar-refractivity contribution >= 4 is 0 Å². The van der Waals surface area contributed by atoms with Gasteiger partial charge in [0.1, 0.15) is 0 Å². The fraction of sp³-hybridized carbons (Fsp3) is 0.833. The smallest absolute Gasteiger partial charge is 0.0813 e. The Morgan fingerprint density at radius 2 is 2.21 bits per heavy atom. The highest BCUT2D eigenvalue weighted by Gasteiger charge is 2.35. The van der Waals surface area contributed by atoms with Gasteiger partial charge in [-0.25, -0.2) is 0 Å². The fourth-order valence-electron chi connectivity index (χ4n) is 2.14. The van der Waals surface area contributed by atoms with Gasteiger partial charge in [-0.3, -0.25) is 0 Å². The molecule has 82 valence electrons. The van der Waals surface area contributed by atoms with E-state index < -0.39 is 5.60 Å². The van der Waals surface area contributed by atoms with E-state index in [-0.39, 0.29) is 12.0 Å². The minimum Gasteiger partial charge on any atom is -0.390 e. The Bertz CT molecular complexity index is 213. The van der Waals surface area contributed by atoms with Crippen LogP contribution in [0.1, 0.15) is 40.5 Å². The summed E-state index contributed by atoms with van der Waals surface area (Å²) < 4.78 is 5.66. The molecule has 0 fully saturated rings. The van der Waals surface area contributed by atoms with Crippen molar-refractivity contribution in [2.75, 3.05) is 6.61 Å². The standard InChI is InChI=1S/C12H22O2/c1-5-14-11-8-9(2)6-7-10(11)12(3,4)13/h8,10-11,13H,5-7H2,1-4H3/t10-,11-/m1/s1. The van der Waals surface area contributed by atoms with Crippen LogP contribution >= 0.6 is 0 Å². The molecule has 0 radical (unpaired) electrons. The van der Waals surface area contributed by atoms with Crippen molar-refractivity contribution in [3.8, 4) is 0 Å². The van der Waals surface area contributed by atoms with Gasteiger partial charge in [-0.2, -0.15) is 0 Å². The van der Waals surface area contributed by atoms with Gasteiger partial charge in [0, 0.05) is 12.5 Å². The van der Waals surface area contributed by atoms with Crippen molar-refractivity contribution < 1.29 is 9.84 Å². The molecule has 0 spiro atoms. The number of hydrogen-bond donors (Lipinski definition) is 1. The Hall–Kier alpha value is -0.340. The summed E-state index contributed by atoms with van der Waals surface area (Å²) in [7, 11) is 0. The topological polar surface area (TPSA) is 29.5 Å². The van der Waals surface area contributed by atoms with Crippen LogP contribution in [-0.2, 0) is 4.74 Å². The zero-order valence-corrected chi connectivity index (χ0v) is 9.71. The van der Waals surface area contributed by atoms with Gasteiger partial charge in [0.15, 0.2) is 0 Å². The maximum atomic E-state index is 10.0. The number of hydrogen-bond acceptors (Lipinski definition) is 2. The molecule has 0 aromatic rings. The van der Waals surface area contributed by atoms with Crippen LogP contribution in [0.15, 0.2) is 11.6 Å². The Labute approximate surface area is 87.0 Å². The molecular formula is C12H22O2. The summed E-state index contributed by atoms with van der Waals surface area (Å²) in [5.41, 5.74) is 0.737. The predicted molar refractivity (Wildman–Crippen MR) is 58.2 cm³/mol. The van der Waals surface area contributed by atoms with Crippen molar-refractivity contribution in [2.45, 2.75) is 52.2 Å². The van der Waals surface area contributed by atoms with Crippen molar-refractivity contribution in [1.29, 1.82) is 0 Å². The molecule has 0 amide bonds. The van der Waals surface area contributed by atoms with E-state index in [0.29, 0.717) is 6.61 Å². The van der Waals surface area contributed by atoms with Gasteiger partial charge in [0.2, 0.25) is 0 Å². The van der Waals surface area contributed by atoms with E-state index in [1.54, 1.807) is 0 Å². The zero-order valence-electron chi connectivity index (χ0n) is 9.71. The monoisotopic (exact) mass is 198 g/mol. The van der Waals surface area contributed by atoms with Crippen LogP contribution in [0.25, 0.3) is 0 Å². The quantitative estimate of drug-likeness (QED) is 0.706. The second-order valence-corrected chi connectivity index (χ2v) is 4.73. The van der Waals surface area contributed by atoms with Gasteiger partial charge in [0.25, 0.3) is 0 Å². The van der Waals surface area contributed by atoms with Crippen LogP contribution in [0.5, 0.6) is 0 Å². The third-order valence-corrected chi connectivity index (χ3v) is 2.96. The highest BCUT2D eigenvalue weighted by atomic mass is 16.5. The minimum atomic E-state index is -0.642. The first-order valence-corrected chi connectivity index (χ1v) is 5.46. The first-order chi connectivity index (χ1) is 6.45. The number of rotatable bonds is 3. The molecule has 0 aromatic carbocycles. The molecule has 2 atom stereocenters. The molecule has 2 heteroatoms. The van der Waals surface area contributed by atoms with Crippen LogP contribution in [0, 0.1) is 5.92 Å². The van der Waals surface area contributed by atoms with Crippen LogP contribution in [0.4, 0.5) is 0 Å². The highest BCUT2D eigenvalue weighted by molar-refractivity contribution is 5.10. The lowest BCUT2D eigenvalue weighted by atomic mass is 9.78. The van der Waals surface area contributed by atoms with Gasteiger partial charge in [0.05, 0.1) is 11.7 Å². The van der Waals surface area contributed by atoms with Crippen LogP contribution in [0.2, 0.25) is 0 Å². The van der Waals surface area contributed by atoms with E-state index in [2.05, 4.69) is 13.0 Å². The maximum absolute atomic E-state index is 10.0. The molecular weight excluding hydrogens is 176 g/mol. The summed E-state index contributed by atoms with van der Waals surface area (Å²) in [5.74, 6) is 0.228. The third kappa shape index (κ3) is 2.82. The summed E-state index contributed by atoms with van der Waals surface area (Å²) in [6, 6.07) is 0. The van der Waals surface area contributed by atoms with E-state index in [1.807, 2.05) is 20.8 Å². The molecule has 0 heterocycles. The summed E-state index contributed by atoms with van der Waals surface area (Å²) in [6.07, 6.45) is 4.36. The molecule has 0 unspecified atom stereocenters. The van der Waals surface area contributed by atoms with E-state index in [1.165, 1.54) is 5.57 Å². The Morgan fingerprint density at radius 1 is 1.57 bits per heavy atom. The van der Waals surface area contributed by atoms with E-state index >= 15 is 0 Å². The van der Waals surface area contributed by atoms with Gasteiger partial charge in [-0.05, 0) is 40.5 Å². The van der Waals surface area contributed by atoms with Gasteiger partial charge >= 0.3 is 0 Å². The Balaban J connectivity index is 2.75. The molecule has 0 saturated heterocycles. The number of allylic oxidation sites excluding steroid dienone is 1. The van der Waals surface area contributed by atoms with Crippen molar-refractivity contribution in [3.05, 3.63) is 11.6 Å². The summed E-state index contributed by atoms with van der Waals surface area (Å²) in [5, 5.41) is 10.0. The lowest BCUT2D eigenvalue weighted by Gasteiger charge is -2.37. The zero-order chi connectivity index (χ0) is 10.8. The van der Waals surface area contributed by atoms with Crippen LogP contribution in [-0.4, -0.2) is 23.4 Å². The number of ether oxygens (including phenoxy) is 1. The molecule has 1 aliphatic carbocycles. The molecule has 1 N–H and O–H groups in total. The molecule has 2 nitrogen and oxygen atoms in total. The van der Waals surface area contributed by atoms with Gasteiger partial charge in [-0.15, -0.1) is 0 Å². The molecule has 0 aliphatic heterocycles. The average molecular weight is 198 g/mol. The van der Waals surface area contributed by atoms with E-state index in [4.69, 9.17) is 4.74 Å². The summed E-state index contributed by atoms with van der Waals surface area (Å²) >= 11 is 0. The van der Waals surface area contributed by atoms with Gasteiger partial charge < -0.3 is 9.84 Å². The minimum absolute atomic E-state index is 0.0914. The molecule has 0 bridgehead atoms. The first kappa shape index (κ1) is 11.7. The molecule has 14 heavy (non-hydrogen) atoms. The van der Waals surface area contributed by atoms with E-state index in [9.17, 15) is 5.11 Å². The third-order valence-electron chi connectivity index (χ3n) is 2.96. The van der Waals surface area contributed by atoms with Crippen LogP contribution < -0.4 is 0 Å². The first-order valence-electron chi connectivity index (χ1n) is 5.46. The predicted octanol–water partition coefficient (Wildman–Crippen LogP) is 2.52. The summed E-state index contributed by atoms with van der Waals surface area (Å²) in [4.78, 5) is 0. The Kier molecular flexibility index (Phi) is 3.73. The lowest BCUT2D eigenvalue weighted by molar-refractivity contribution is -0.0621. The van der Waals surface area contributed by atoms with Crippen molar-refractivity contribution in [1.82, 2.24) is 0 Å². The van der Waals surface area contributed by atoms with Crippen LogP contribution in [0.3, 0.4) is 0 Å². The SMILES string of the molecule is CCO[C@@H]1C=C(C)CC[C@H]1C(C)(C)O. The van der Waals surface area contributed by atoms with Crippen molar-refractivity contribution in [3.63, 3.8) is 0 Å². The fourth-order valence-corrected chi connectivity index (χ4v) is 2.14. The Morgan fingerprint density at radius 3 is 2.71 bits per heavy atom. The average Bonchev–Trinajstić information content (AvgIpc) is 2.02. The second-order valence-electron chi connectivity index (χ2n) is 4.73. The lowest BCUT2D eigenvalue weighted by Crippen LogP contribution is -2.41. The highest BCUT2D eigenvalue weighted by Crippen LogP contribution is 2.33. The molecule has 1 aliphatic rings.